The molecule has 0 unspecified atom stereocenters. The van der Waals surface area contributed by atoms with Gasteiger partial charge >= 0.3 is 5.97 Å². The molecule has 0 N–H and O–H groups in total. The first-order valence-corrected chi connectivity index (χ1v) is 3.50. The zero-order valence-corrected chi connectivity index (χ0v) is 6.46. The summed E-state index contributed by atoms with van der Waals surface area (Å²) >= 11 is 0. The minimum absolute atomic E-state index is 0.288. The highest BCUT2D eigenvalue weighted by atomic mass is 16.5. The summed E-state index contributed by atoms with van der Waals surface area (Å²) in [5.41, 5.74) is 0. The molecule has 0 heterocycles. The monoisotopic (exact) mass is 141 g/mol. The lowest BCUT2D eigenvalue weighted by Crippen LogP contribution is -1.96. The van der Waals surface area contributed by atoms with Crippen LogP contribution in [0.4, 0.5) is 0 Å². The normalized spacial score (nSPS) is 10.2. The van der Waals surface area contributed by atoms with Crippen molar-refractivity contribution < 1.29 is 9.53 Å². The van der Waals surface area contributed by atoms with E-state index >= 15 is 0 Å². The maximum absolute atomic E-state index is 10.6. The van der Waals surface area contributed by atoms with E-state index in [-0.39, 0.29) is 5.97 Å². The molecule has 0 aromatic heterocycles. The van der Waals surface area contributed by atoms with E-state index in [1.54, 1.807) is 6.08 Å². The second kappa shape index (κ2) is 6.33. The van der Waals surface area contributed by atoms with Crippen molar-refractivity contribution in [3.63, 3.8) is 0 Å². The highest BCUT2D eigenvalue weighted by molar-refractivity contribution is 5.82. The molecule has 0 rings (SSSR count). The lowest BCUT2D eigenvalue weighted by molar-refractivity contribution is -0.134. The molecule has 0 bridgehead atoms. The van der Waals surface area contributed by atoms with E-state index in [0.717, 1.165) is 12.8 Å². The van der Waals surface area contributed by atoms with Crippen LogP contribution in [-0.2, 0) is 9.53 Å². The zero-order chi connectivity index (χ0) is 7.82. The molecule has 1 radical (unpaired) electrons. The first-order chi connectivity index (χ1) is 4.81. The van der Waals surface area contributed by atoms with Gasteiger partial charge in [-0.05, 0) is 12.8 Å². The molecular formula is C8H13O2. The van der Waals surface area contributed by atoms with Gasteiger partial charge < -0.3 is 4.74 Å². The highest BCUT2D eigenvalue weighted by Gasteiger charge is 1.92. The molecule has 0 atom stereocenters. The Morgan fingerprint density at radius 2 is 2.10 bits per heavy atom. The maximum atomic E-state index is 10.6. The quantitative estimate of drug-likeness (QED) is 0.442. The van der Waals surface area contributed by atoms with Crippen molar-refractivity contribution in [3.05, 3.63) is 18.8 Å². The Balaban J connectivity index is 3.34. The Bertz CT molecular complexity index is 116. The maximum Gasteiger partial charge on any atom is 0.330 e. The molecular weight excluding hydrogens is 128 g/mol. The van der Waals surface area contributed by atoms with E-state index in [1.165, 1.54) is 12.7 Å². The van der Waals surface area contributed by atoms with E-state index in [4.69, 9.17) is 0 Å². The van der Waals surface area contributed by atoms with Gasteiger partial charge in [-0.15, -0.1) is 0 Å². The smallest absolute Gasteiger partial charge is 0.330 e. The Hall–Kier alpha value is -0.790. The molecule has 0 saturated carbocycles. The lowest BCUT2D eigenvalue weighted by atomic mass is 10.4. The number of esters is 1. The predicted molar refractivity (Wildman–Crippen MR) is 40.1 cm³/mol. The SMILES string of the molecule is CC[CH]OC(=O)/C=C/CC. The predicted octanol–water partition coefficient (Wildman–Crippen LogP) is 2.07. The summed E-state index contributed by atoms with van der Waals surface area (Å²) < 4.78 is 4.64. The number of rotatable bonds is 4. The van der Waals surface area contributed by atoms with Crippen LogP contribution in [0.1, 0.15) is 26.7 Å². The number of allylic oxidation sites excluding steroid dienone is 1. The van der Waals surface area contributed by atoms with Gasteiger partial charge in [-0.2, -0.15) is 0 Å². The average Bonchev–Trinajstić information content (AvgIpc) is 1.97. The van der Waals surface area contributed by atoms with Crippen molar-refractivity contribution in [1.29, 1.82) is 0 Å². The van der Waals surface area contributed by atoms with Gasteiger partial charge in [-0.3, -0.25) is 0 Å². The van der Waals surface area contributed by atoms with Gasteiger partial charge in [0.2, 0.25) is 0 Å². The fraction of sp³-hybridized carbons (Fsp3) is 0.500. The molecule has 0 spiro atoms. The number of hydrogen-bond acceptors (Lipinski definition) is 2. The van der Waals surface area contributed by atoms with Crippen LogP contribution in [0.5, 0.6) is 0 Å². The second-order valence-corrected chi connectivity index (χ2v) is 1.82. The topological polar surface area (TPSA) is 26.3 Å². The second-order valence-electron chi connectivity index (χ2n) is 1.82. The third-order valence-electron chi connectivity index (χ3n) is 0.856. The molecule has 2 nitrogen and oxygen atoms in total. The molecule has 57 valence electrons. The fourth-order valence-electron chi connectivity index (χ4n) is 0.419. The van der Waals surface area contributed by atoms with E-state index in [1.807, 2.05) is 13.8 Å². The molecule has 0 aliphatic rings. The summed E-state index contributed by atoms with van der Waals surface area (Å²) in [5, 5.41) is 0. The third kappa shape index (κ3) is 5.35. The number of ether oxygens (including phenoxy) is 1. The first kappa shape index (κ1) is 9.21. The van der Waals surface area contributed by atoms with Crippen LogP contribution in [0.3, 0.4) is 0 Å². The van der Waals surface area contributed by atoms with Gasteiger partial charge in [-0.1, -0.05) is 19.9 Å². The molecule has 0 saturated heterocycles. The molecule has 2 heteroatoms. The minimum atomic E-state index is -0.288. The molecule has 0 amide bonds. The molecule has 10 heavy (non-hydrogen) atoms. The molecule has 0 fully saturated rings. The Kier molecular flexibility index (Phi) is 5.83. The lowest BCUT2D eigenvalue weighted by Gasteiger charge is -1.94. The molecule has 0 aromatic carbocycles. The third-order valence-corrected chi connectivity index (χ3v) is 0.856. The molecule has 0 aromatic rings. The Morgan fingerprint density at radius 3 is 2.60 bits per heavy atom. The fourth-order valence-corrected chi connectivity index (χ4v) is 0.419. The zero-order valence-electron chi connectivity index (χ0n) is 6.46. The number of carbonyl (C=O) groups is 1. The molecule has 0 aliphatic heterocycles. The van der Waals surface area contributed by atoms with Crippen molar-refractivity contribution in [2.24, 2.45) is 0 Å². The van der Waals surface area contributed by atoms with Crippen LogP contribution in [-0.4, -0.2) is 5.97 Å². The Labute approximate surface area is 61.9 Å². The van der Waals surface area contributed by atoms with Gasteiger partial charge in [0, 0.05) is 6.08 Å². The van der Waals surface area contributed by atoms with E-state index in [2.05, 4.69) is 4.74 Å². The molecule has 0 aliphatic carbocycles. The van der Waals surface area contributed by atoms with Crippen LogP contribution in [0.25, 0.3) is 0 Å². The van der Waals surface area contributed by atoms with Gasteiger partial charge in [0.05, 0.1) is 0 Å². The van der Waals surface area contributed by atoms with E-state index in [0.29, 0.717) is 0 Å². The summed E-state index contributed by atoms with van der Waals surface area (Å²) in [5.74, 6) is -0.288. The van der Waals surface area contributed by atoms with Crippen molar-refractivity contribution in [3.8, 4) is 0 Å². The summed E-state index contributed by atoms with van der Waals surface area (Å²) in [6.07, 6.45) is 4.82. The first-order valence-electron chi connectivity index (χ1n) is 3.50. The van der Waals surface area contributed by atoms with Crippen LogP contribution in [0.2, 0.25) is 0 Å². The largest absolute Gasteiger partial charge is 0.455 e. The van der Waals surface area contributed by atoms with E-state index < -0.39 is 0 Å². The average molecular weight is 141 g/mol. The van der Waals surface area contributed by atoms with Crippen molar-refractivity contribution >= 4 is 5.97 Å². The van der Waals surface area contributed by atoms with Gasteiger partial charge in [0.1, 0.15) is 6.61 Å². The summed E-state index contributed by atoms with van der Waals surface area (Å²) in [6.45, 7) is 5.37. The van der Waals surface area contributed by atoms with Gasteiger partial charge in [0.25, 0.3) is 0 Å². The van der Waals surface area contributed by atoms with Crippen LogP contribution in [0.15, 0.2) is 12.2 Å². The summed E-state index contributed by atoms with van der Waals surface area (Å²) in [7, 11) is 0. The summed E-state index contributed by atoms with van der Waals surface area (Å²) in [4.78, 5) is 10.6. The van der Waals surface area contributed by atoms with Crippen molar-refractivity contribution in [2.75, 3.05) is 0 Å². The van der Waals surface area contributed by atoms with Crippen molar-refractivity contribution in [1.82, 2.24) is 0 Å². The van der Waals surface area contributed by atoms with Gasteiger partial charge in [-0.25, -0.2) is 4.79 Å². The summed E-state index contributed by atoms with van der Waals surface area (Å²) in [6, 6.07) is 0. The van der Waals surface area contributed by atoms with Crippen LogP contribution >= 0.6 is 0 Å². The minimum Gasteiger partial charge on any atom is -0.455 e. The highest BCUT2D eigenvalue weighted by Crippen LogP contribution is 1.90. The van der Waals surface area contributed by atoms with Crippen molar-refractivity contribution in [2.45, 2.75) is 26.7 Å². The standard InChI is InChI=1S/C8H13O2/c1-3-5-6-8(9)10-7-4-2/h5-7H,3-4H2,1-2H3/b6-5+. The number of hydrogen-bond donors (Lipinski definition) is 0. The van der Waals surface area contributed by atoms with E-state index in [9.17, 15) is 4.79 Å². The van der Waals surface area contributed by atoms with Crippen LogP contribution < -0.4 is 0 Å². The Morgan fingerprint density at radius 1 is 1.40 bits per heavy atom. The van der Waals surface area contributed by atoms with Gasteiger partial charge in [0.15, 0.2) is 0 Å². The van der Waals surface area contributed by atoms with Crippen LogP contribution in [0, 0.1) is 6.61 Å². The number of carbonyl (C=O) groups excluding carboxylic acids is 1.